The maximum Gasteiger partial charge on any atom is 0.161 e. The largest absolute Gasteiger partial charge is 0.493 e. The Balaban J connectivity index is 1.63. The summed E-state index contributed by atoms with van der Waals surface area (Å²) in [6.45, 7) is 4.78. The number of imidazole rings is 1. The van der Waals surface area contributed by atoms with Crippen molar-refractivity contribution in [3.8, 4) is 11.5 Å². The molecule has 0 aliphatic carbocycles. The van der Waals surface area contributed by atoms with Gasteiger partial charge in [0.25, 0.3) is 0 Å². The van der Waals surface area contributed by atoms with Gasteiger partial charge < -0.3 is 14.0 Å². The molecule has 4 aromatic rings. The van der Waals surface area contributed by atoms with Crippen molar-refractivity contribution >= 4 is 22.6 Å². The Morgan fingerprint density at radius 2 is 1.87 bits per heavy atom. The van der Waals surface area contributed by atoms with E-state index in [-0.39, 0.29) is 0 Å². The molecule has 4 nitrogen and oxygen atoms in total. The Bertz CT molecular complexity index is 1180. The molecule has 4 rings (SSSR count). The molecule has 0 saturated carbocycles. The molecule has 30 heavy (non-hydrogen) atoms. The van der Waals surface area contributed by atoms with E-state index in [1.54, 1.807) is 7.11 Å². The van der Waals surface area contributed by atoms with E-state index in [0.29, 0.717) is 24.7 Å². The number of nitrogens with zero attached hydrogens (tertiary/aromatic N) is 2. The van der Waals surface area contributed by atoms with Crippen LogP contribution in [0.25, 0.3) is 11.0 Å². The molecule has 0 fully saturated rings. The van der Waals surface area contributed by atoms with Crippen LogP contribution in [-0.2, 0) is 19.6 Å². The van der Waals surface area contributed by atoms with E-state index in [1.807, 2.05) is 60.7 Å². The van der Waals surface area contributed by atoms with Crippen LogP contribution in [0, 0.1) is 0 Å². The number of aromatic nitrogens is 2. The van der Waals surface area contributed by atoms with Gasteiger partial charge in [-0.15, -0.1) is 6.58 Å². The first-order valence-corrected chi connectivity index (χ1v) is 10.1. The summed E-state index contributed by atoms with van der Waals surface area (Å²) in [6.07, 6.45) is 2.65. The average Bonchev–Trinajstić information content (AvgIpc) is 3.10. The Hall–Kier alpha value is -3.24. The van der Waals surface area contributed by atoms with Crippen LogP contribution < -0.4 is 9.47 Å². The van der Waals surface area contributed by atoms with Crippen LogP contribution in [0.5, 0.6) is 11.5 Å². The number of benzene rings is 3. The second-order valence-electron chi connectivity index (χ2n) is 7.00. The summed E-state index contributed by atoms with van der Waals surface area (Å²) >= 11 is 6.18. The highest BCUT2D eigenvalue weighted by Crippen LogP contribution is 2.29. The Labute approximate surface area is 181 Å². The fourth-order valence-electron chi connectivity index (χ4n) is 3.50. The Morgan fingerprint density at radius 3 is 2.67 bits per heavy atom. The Kier molecular flexibility index (Phi) is 6.05. The summed E-state index contributed by atoms with van der Waals surface area (Å²) in [5.74, 6) is 2.23. The molecule has 5 heteroatoms. The van der Waals surface area contributed by atoms with Crippen LogP contribution in [-0.4, -0.2) is 16.7 Å². The van der Waals surface area contributed by atoms with Crippen molar-refractivity contribution < 1.29 is 9.47 Å². The first-order chi connectivity index (χ1) is 14.7. The molecule has 1 heterocycles. The fraction of sp³-hybridized carbons (Fsp3) is 0.160. The van der Waals surface area contributed by atoms with Crippen molar-refractivity contribution in [1.29, 1.82) is 0 Å². The third kappa shape index (κ3) is 4.34. The van der Waals surface area contributed by atoms with E-state index in [9.17, 15) is 0 Å². The highest BCUT2D eigenvalue weighted by atomic mass is 35.5. The molecule has 0 unspecified atom stereocenters. The number of halogens is 1. The van der Waals surface area contributed by atoms with Crippen LogP contribution >= 0.6 is 11.6 Å². The number of hydrogen-bond donors (Lipinski definition) is 0. The lowest BCUT2D eigenvalue weighted by Gasteiger charge is -2.13. The summed E-state index contributed by atoms with van der Waals surface area (Å²) < 4.78 is 13.8. The van der Waals surface area contributed by atoms with Crippen LogP contribution in [0.15, 0.2) is 79.4 Å². The molecule has 0 aliphatic rings. The standard InChI is InChI=1S/C25H23ClN2O2/c1-3-7-18-12-13-23(24(15-18)29-2)30-17-25-27-21-10-4-5-11-22(21)28(25)16-19-8-6-9-20(26)14-19/h3-6,8-15H,1,7,16-17H2,2H3. The zero-order valence-electron chi connectivity index (χ0n) is 16.8. The smallest absolute Gasteiger partial charge is 0.161 e. The monoisotopic (exact) mass is 418 g/mol. The number of fused-ring (bicyclic) bond motifs is 1. The van der Waals surface area contributed by atoms with Crippen molar-refractivity contribution in [3.05, 3.63) is 101 Å². The molecule has 0 aliphatic heterocycles. The lowest BCUT2D eigenvalue weighted by Crippen LogP contribution is -2.09. The van der Waals surface area contributed by atoms with Crippen LogP contribution in [0.4, 0.5) is 0 Å². The van der Waals surface area contributed by atoms with E-state index >= 15 is 0 Å². The zero-order chi connectivity index (χ0) is 20.9. The Morgan fingerprint density at radius 1 is 1.00 bits per heavy atom. The summed E-state index contributed by atoms with van der Waals surface area (Å²) in [5, 5.41) is 0.721. The van der Waals surface area contributed by atoms with Crippen LogP contribution in [0.2, 0.25) is 5.02 Å². The third-order valence-corrected chi connectivity index (χ3v) is 5.16. The molecule has 0 atom stereocenters. The molecule has 0 N–H and O–H groups in total. The minimum atomic E-state index is 0.326. The number of ether oxygens (including phenoxy) is 2. The van der Waals surface area contributed by atoms with Crippen molar-refractivity contribution in [1.82, 2.24) is 9.55 Å². The van der Waals surface area contributed by atoms with Crippen molar-refractivity contribution in [2.45, 2.75) is 19.6 Å². The van der Waals surface area contributed by atoms with Crippen molar-refractivity contribution in [3.63, 3.8) is 0 Å². The number of allylic oxidation sites excluding steroid dienone is 1. The lowest BCUT2D eigenvalue weighted by atomic mass is 10.1. The van der Waals surface area contributed by atoms with Crippen molar-refractivity contribution in [2.24, 2.45) is 0 Å². The SMILES string of the molecule is C=CCc1ccc(OCc2nc3ccccc3n2Cc2cccc(Cl)c2)c(OC)c1. The molecule has 0 saturated heterocycles. The molecule has 0 radical (unpaired) electrons. The number of rotatable bonds is 8. The predicted molar refractivity (Wildman–Crippen MR) is 122 cm³/mol. The van der Waals surface area contributed by atoms with Gasteiger partial charge in [-0.2, -0.15) is 0 Å². The van der Waals surface area contributed by atoms with E-state index < -0.39 is 0 Å². The van der Waals surface area contributed by atoms with Gasteiger partial charge in [0.05, 0.1) is 18.1 Å². The van der Waals surface area contributed by atoms with Crippen LogP contribution in [0.1, 0.15) is 17.0 Å². The summed E-state index contributed by atoms with van der Waals surface area (Å²) in [7, 11) is 1.65. The second kappa shape index (κ2) is 9.06. The quantitative estimate of drug-likeness (QED) is 0.326. The molecule has 0 bridgehead atoms. The van der Waals surface area contributed by atoms with Gasteiger partial charge in [0.1, 0.15) is 12.4 Å². The van der Waals surface area contributed by atoms with Gasteiger partial charge in [0, 0.05) is 11.6 Å². The van der Waals surface area contributed by atoms with Gasteiger partial charge in [-0.1, -0.05) is 48.0 Å². The van der Waals surface area contributed by atoms with Gasteiger partial charge >= 0.3 is 0 Å². The molecular formula is C25H23ClN2O2. The molecule has 0 amide bonds. The maximum absolute atomic E-state index is 6.18. The minimum absolute atomic E-state index is 0.326. The van der Waals surface area contributed by atoms with Gasteiger partial charge in [-0.3, -0.25) is 0 Å². The van der Waals surface area contributed by atoms with Gasteiger partial charge in [0.2, 0.25) is 0 Å². The predicted octanol–water partition coefficient (Wildman–Crippen LogP) is 6.05. The van der Waals surface area contributed by atoms with Gasteiger partial charge in [-0.05, 0) is 53.9 Å². The zero-order valence-corrected chi connectivity index (χ0v) is 17.6. The third-order valence-electron chi connectivity index (χ3n) is 4.93. The highest BCUT2D eigenvalue weighted by molar-refractivity contribution is 6.30. The van der Waals surface area contributed by atoms with Crippen LogP contribution in [0.3, 0.4) is 0 Å². The van der Waals surface area contributed by atoms with E-state index in [0.717, 1.165) is 39.4 Å². The first-order valence-electron chi connectivity index (χ1n) is 9.77. The molecule has 0 spiro atoms. The molecule has 3 aromatic carbocycles. The number of para-hydroxylation sites is 2. The lowest BCUT2D eigenvalue weighted by molar-refractivity contribution is 0.272. The van der Waals surface area contributed by atoms with E-state index in [2.05, 4.69) is 23.3 Å². The molecular weight excluding hydrogens is 396 g/mol. The molecule has 1 aromatic heterocycles. The molecule has 152 valence electrons. The summed E-state index contributed by atoms with van der Waals surface area (Å²) in [6, 6.07) is 21.9. The maximum atomic E-state index is 6.18. The summed E-state index contributed by atoms with van der Waals surface area (Å²) in [5.41, 5.74) is 4.23. The van der Waals surface area contributed by atoms with Crippen molar-refractivity contribution in [2.75, 3.05) is 7.11 Å². The average molecular weight is 419 g/mol. The number of hydrogen-bond acceptors (Lipinski definition) is 3. The second-order valence-corrected chi connectivity index (χ2v) is 7.44. The topological polar surface area (TPSA) is 36.3 Å². The fourth-order valence-corrected chi connectivity index (χ4v) is 3.71. The van der Waals surface area contributed by atoms with E-state index in [1.165, 1.54) is 0 Å². The van der Waals surface area contributed by atoms with Gasteiger partial charge in [0.15, 0.2) is 11.5 Å². The highest BCUT2D eigenvalue weighted by Gasteiger charge is 2.13. The number of methoxy groups -OCH3 is 1. The van der Waals surface area contributed by atoms with E-state index in [4.69, 9.17) is 26.1 Å². The normalized spacial score (nSPS) is 10.9. The first kappa shape index (κ1) is 20.0. The minimum Gasteiger partial charge on any atom is -0.493 e. The van der Waals surface area contributed by atoms with Gasteiger partial charge in [-0.25, -0.2) is 4.98 Å². The summed E-state index contributed by atoms with van der Waals surface area (Å²) in [4.78, 5) is 4.80.